The SMILES string of the molecule is CN=C(C=C(C)C)c1ccccc1. The Labute approximate surface area is 79.8 Å². The van der Waals surface area contributed by atoms with Crippen molar-refractivity contribution in [2.24, 2.45) is 4.99 Å². The number of allylic oxidation sites excluding steroid dienone is 2. The zero-order valence-corrected chi connectivity index (χ0v) is 8.41. The minimum Gasteiger partial charge on any atom is -0.288 e. The summed E-state index contributed by atoms with van der Waals surface area (Å²) in [5.41, 5.74) is 3.48. The van der Waals surface area contributed by atoms with Crippen LogP contribution >= 0.6 is 0 Å². The summed E-state index contributed by atoms with van der Waals surface area (Å²) in [5, 5.41) is 0. The molecular weight excluding hydrogens is 158 g/mol. The Bertz CT molecular complexity index is 316. The molecule has 0 spiro atoms. The maximum absolute atomic E-state index is 4.24. The van der Waals surface area contributed by atoms with E-state index in [4.69, 9.17) is 0 Å². The van der Waals surface area contributed by atoms with Gasteiger partial charge in [0.2, 0.25) is 0 Å². The molecule has 0 aromatic heterocycles. The van der Waals surface area contributed by atoms with Gasteiger partial charge in [-0.15, -0.1) is 0 Å². The summed E-state index contributed by atoms with van der Waals surface area (Å²) >= 11 is 0. The summed E-state index contributed by atoms with van der Waals surface area (Å²) < 4.78 is 0. The van der Waals surface area contributed by atoms with Gasteiger partial charge in [-0.3, -0.25) is 4.99 Å². The average Bonchev–Trinajstić information content (AvgIpc) is 2.15. The molecule has 0 aliphatic carbocycles. The fourth-order valence-electron chi connectivity index (χ4n) is 1.16. The van der Waals surface area contributed by atoms with E-state index in [0.29, 0.717) is 0 Å². The van der Waals surface area contributed by atoms with Crippen molar-refractivity contribution in [2.75, 3.05) is 7.05 Å². The number of hydrogen-bond acceptors (Lipinski definition) is 1. The standard InChI is InChI=1S/C12H15N/c1-10(2)9-12(13-3)11-7-5-4-6-8-11/h4-9H,1-3H3. The highest BCUT2D eigenvalue weighted by atomic mass is 14.7. The first kappa shape index (κ1) is 9.72. The Morgan fingerprint density at radius 1 is 1.15 bits per heavy atom. The zero-order chi connectivity index (χ0) is 9.68. The van der Waals surface area contributed by atoms with Gasteiger partial charge in [0.15, 0.2) is 0 Å². The lowest BCUT2D eigenvalue weighted by molar-refractivity contribution is 1.38. The van der Waals surface area contributed by atoms with Gasteiger partial charge < -0.3 is 0 Å². The van der Waals surface area contributed by atoms with Gasteiger partial charge in [-0.25, -0.2) is 0 Å². The van der Waals surface area contributed by atoms with Crippen LogP contribution < -0.4 is 0 Å². The van der Waals surface area contributed by atoms with Crippen LogP contribution in [-0.2, 0) is 0 Å². The highest BCUT2D eigenvalue weighted by molar-refractivity contribution is 6.08. The van der Waals surface area contributed by atoms with Gasteiger partial charge >= 0.3 is 0 Å². The smallest absolute Gasteiger partial charge is 0.0642 e. The van der Waals surface area contributed by atoms with Crippen molar-refractivity contribution in [2.45, 2.75) is 13.8 Å². The molecule has 0 N–H and O–H groups in total. The highest BCUT2D eigenvalue weighted by Gasteiger charge is 1.96. The zero-order valence-electron chi connectivity index (χ0n) is 8.41. The van der Waals surface area contributed by atoms with Gasteiger partial charge in [0.05, 0.1) is 5.71 Å². The van der Waals surface area contributed by atoms with Crippen molar-refractivity contribution in [1.29, 1.82) is 0 Å². The van der Waals surface area contributed by atoms with Crippen LogP contribution in [0.2, 0.25) is 0 Å². The highest BCUT2D eigenvalue weighted by Crippen LogP contribution is 2.04. The molecule has 13 heavy (non-hydrogen) atoms. The van der Waals surface area contributed by atoms with E-state index >= 15 is 0 Å². The number of benzene rings is 1. The van der Waals surface area contributed by atoms with Crippen LogP contribution in [0.3, 0.4) is 0 Å². The average molecular weight is 173 g/mol. The fraction of sp³-hybridized carbons (Fsp3) is 0.250. The topological polar surface area (TPSA) is 12.4 Å². The van der Waals surface area contributed by atoms with Crippen LogP contribution in [0.25, 0.3) is 0 Å². The Balaban J connectivity index is 3.00. The van der Waals surface area contributed by atoms with Gasteiger partial charge in [0.25, 0.3) is 0 Å². The number of nitrogens with zero attached hydrogens (tertiary/aromatic N) is 1. The van der Waals surface area contributed by atoms with Gasteiger partial charge in [0, 0.05) is 7.05 Å². The molecule has 0 saturated carbocycles. The second-order valence-electron chi connectivity index (χ2n) is 3.20. The normalized spacial score (nSPS) is 11.2. The maximum atomic E-state index is 4.24. The van der Waals surface area contributed by atoms with Crippen LogP contribution in [0.1, 0.15) is 19.4 Å². The van der Waals surface area contributed by atoms with Crippen LogP contribution in [0.15, 0.2) is 47.0 Å². The second-order valence-corrected chi connectivity index (χ2v) is 3.20. The van der Waals surface area contributed by atoms with Gasteiger partial charge in [-0.05, 0) is 25.5 Å². The summed E-state index contributed by atoms with van der Waals surface area (Å²) in [7, 11) is 1.82. The molecule has 0 amide bonds. The maximum Gasteiger partial charge on any atom is 0.0642 e. The van der Waals surface area contributed by atoms with E-state index in [-0.39, 0.29) is 0 Å². The Hall–Kier alpha value is -1.37. The van der Waals surface area contributed by atoms with Crippen molar-refractivity contribution < 1.29 is 0 Å². The first-order chi connectivity index (χ1) is 6.24. The molecule has 0 bridgehead atoms. The first-order valence-electron chi connectivity index (χ1n) is 4.41. The van der Waals surface area contributed by atoms with E-state index in [0.717, 1.165) is 5.71 Å². The molecular formula is C12H15N. The van der Waals surface area contributed by atoms with Crippen molar-refractivity contribution in [3.05, 3.63) is 47.5 Å². The summed E-state index contributed by atoms with van der Waals surface area (Å²) in [6, 6.07) is 10.2. The molecule has 0 atom stereocenters. The van der Waals surface area contributed by atoms with Crippen molar-refractivity contribution >= 4 is 5.71 Å². The molecule has 1 rings (SSSR count). The minimum absolute atomic E-state index is 1.04. The second kappa shape index (κ2) is 4.61. The summed E-state index contributed by atoms with van der Waals surface area (Å²) in [6.45, 7) is 4.16. The van der Waals surface area contributed by atoms with Crippen molar-refractivity contribution in [3.63, 3.8) is 0 Å². The summed E-state index contributed by atoms with van der Waals surface area (Å²) in [6.07, 6.45) is 2.09. The molecule has 1 nitrogen and oxygen atoms in total. The van der Waals surface area contributed by atoms with Crippen LogP contribution in [-0.4, -0.2) is 12.8 Å². The molecule has 0 radical (unpaired) electrons. The van der Waals surface area contributed by atoms with E-state index in [1.807, 2.05) is 25.2 Å². The number of aliphatic imine (C=N–C) groups is 1. The number of rotatable bonds is 2. The molecule has 1 aromatic rings. The van der Waals surface area contributed by atoms with E-state index < -0.39 is 0 Å². The minimum atomic E-state index is 1.04. The first-order valence-corrected chi connectivity index (χ1v) is 4.41. The summed E-state index contributed by atoms with van der Waals surface area (Å²) in [5.74, 6) is 0. The third kappa shape index (κ3) is 2.86. The fourth-order valence-corrected chi connectivity index (χ4v) is 1.16. The third-order valence-corrected chi connectivity index (χ3v) is 1.74. The summed E-state index contributed by atoms with van der Waals surface area (Å²) in [4.78, 5) is 4.24. The molecule has 0 aliphatic heterocycles. The molecule has 0 unspecified atom stereocenters. The Morgan fingerprint density at radius 2 is 1.77 bits per heavy atom. The molecule has 1 aromatic carbocycles. The van der Waals surface area contributed by atoms with Crippen LogP contribution in [0.5, 0.6) is 0 Å². The van der Waals surface area contributed by atoms with Crippen molar-refractivity contribution in [3.8, 4) is 0 Å². The molecule has 68 valence electrons. The number of hydrogen-bond donors (Lipinski definition) is 0. The van der Waals surface area contributed by atoms with Gasteiger partial charge in [-0.1, -0.05) is 35.9 Å². The molecule has 0 heterocycles. The van der Waals surface area contributed by atoms with E-state index in [2.05, 4.69) is 37.0 Å². The predicted octanol–water partition coefficient (Wildman–Crippen LogP) is 3.07. The lowest BCUT2D eigenvalue weighted by Crippen LogP contribution is -1.96. The van der Waals surface area contributed by atoms with Crippen LogP contribution in [0.4, 0.5) is 0 Å². The third-order valence-electron chi connectivity index (χ3n) is 1.74. The van der Waals surface area contributed by atoms with Gasteiger partial charge in [-0.2, -0.15) is 0 Å². The monoisotopic (exact) mass is 173 g/mol. The van der Waals surface area contributed by atoms with E-state index in [1.165, 1.54) is 11.1 Å². The molecule has 0 fully saturated rings. The van der Waals surface area contributed by atoms with Crippen molar-refractivity contribution in [1.82, 2.24) is 0 Å². The molecule has 1 heteroatoms. The predicted molar refractivity (Wildman–Crippen MR) is 58.3 cm³/mol. The molecule has 0 saturated heterocycles. The van der Waals surface area contributed by atoms with Gasteiger partial charge in [0.1, 0.15) is 0 Å². The quantitative estimate of drug-likeness (QED) is 0.609. The lowest BCUT2D eigenvalue weighted by Gasteiger charge is -2.00. The van der Waals surface area contributed by atoms with E-state index in [1.54, 1.807) is 0 Å². The molecule has 0 aliphatic rings. The Kier molecular flexibility index (Phi) is 3.44. The largest absolute Gasteiger partial charge is 0.288 e. The van der Waals surface area contributed by atoms with E-state index in [9.17, 15) is 0 Å². The lowest BCUT2D eigenvalue weighted by atomic mass is 10.1. The van der Waals surface area contributed by atoms with Crippen LogP contribution in [0, 0.1) is 0 Å². The Morgan fingerprint density at radius 3 is 2.23 bits per heavy atom.